The van der Waals surface area contributed by atoms with Gasteiger partial charge in [0.25, 0.3) is 0 Å². The van der Waals surface area contributed by atoms with Crippen LogP contribution in [0.3, 0.4) is 0 Å². The van der Waals surface area contributed by atoms with Crippen molar-refractivity contribution >= 4 is 17.6 Å². The van der Waals surface area contributed by atoms with Crippen molar-refractivity contribution in [2.24, 2.45) is 5.92 Å². The van der Waals surface area contributed by atoms with Crippen molar-refractivity contribution in [1.82, 2.24) is 15.6 Å². The molecule has 6 heteroatoms. The summed E-state index contributed by atoms with van der Waals surface area (Å²) in [6.45, 7) is 2.74. The topological polar surface area (TPSA) is 64.7 Å². The number of anilines is 1. The highest BCUT2D eigenvalue weighted by Gasteiger charge is 2.47. The molecule has 0 aliphatic carbocycles. The van der Waals surface area contributed by atoms with Crippen LogP contribution in [0.5, 0.6) is 0 Å². The normalized spacial score (nSPS) is 26.4. The quantitative estimate of drug-likeness (QED) is 0.814. The van der Waals surface area contributed by atoms with Crippen molar-refractivity contribution in [3.8, 4) is 0 Å². The number of benzene rings is 1. The van der Waals surface area contributed by atoms with Gasteiger partial charge in [0.05, 0.1) is 11.6 Å². The summed E-state index contributed by atoms with van der Waals surface area (Å²) in [5.74, 6) is -0.347. The van der Waals surface area contributed by atoms with Crippen LogP contribution in [0.25, 0.3) is 0 Å². The number of nitrogens with zero attached hydrogens (tertiary/aromatic N) is 2. The molecule has 2 aliphatic heterocycles. The first-order valence-electron chi connectivity index (χ1n) is 6.42. The predicted octanol–water partition coefficient (Wildman–Crippen LogP) is 0.525. The smallest absolute Gasteiger partial charge is 0.315 e. The Kier molecular flexibility index (Phi) is 2.87. The summed E-state index contributed by atoms with van der Waals surface area (Å²) in [7, 11) is 0. The molecule has 1 aromatic rings. The van der Waals surface area contributed by atoms with E-state index in [1.54, 1.807) is 6.92 Å². The molecule has 19 heavy (non-hydrogen) atoms. The van der Waals surface area contributed by atoms with Crippen LogP contribution >= 0.6 is 0 Å². The Morgan fingerprint density at radius 1 is 1.26 bits per heavy atom. The number of carbonyl (C=O) groups excluding carboxylic acids is 2. The molecule has 2 atom stereocenters. The van der Waals surface area contributed by atoms with Gasteiger partial charge in [0.1, 0.15) is 6.17 Å². The monoisotopic (exact) mass is 260 g/mol. The summed E-state index contributed by atoms with van der Waals surface area (Å²) in [4.78, 5) is 25.4. The second-order valence-corrected chi connectivity index (χ2v) is 4.65. The molecule has 100 valence electrons. The van der Waals surface area contributed by atoms with Crippen LogP contribution in [0.4, 0.5) is 10.5 Å². The first-order chi connectivity index (χ1) is 9.22. The summed E-state index contributed by atoms with van der Waals surface area (Å²) in [6.07, 6.45) is -0.315. The zero-order valence-corrected chi connectivity index (χ0v) is 10.7. The molecule has 2 unspecified atom stereocenters. The van der Waals surface area contributed by atoms with E-state index in [0.29, 0.717) is 13.1 Å². The van der Waals surface area contributed by atoms with E-state index in [-0.39, 0.29) is 24.0 Å². The van der Waals surface area contributed by atoms with E-state index >= 15 is 0 Å². The van der Waals surface area contributed by atoms with Gasteiger partial charge in [-0.3, -0.25) is 14.7 Å². The third-order valence-corrected chi connectivity index (χ3v) is 3.59. The average Bonchev–Trinajstić information content (AvgIpc) is 2.84. The molecule has 0 bridgehead atoms. The molecule has 1 aromatic carbocycles. The van der Waals surface area contributed by atoms with Crippen LogP contribution in [0.15, 0.2) is 30.3 Å². The molecule has 0 spiro atoms. The zero-order valence-electron chi connectivity index (χ0n) is 10.7. The highest BCUT2D eigenvalue weighted by molar-refractivity contribution is 5.99. The van der Waals surface area contributed by atoms with Crippen molar-refractivity contribution in [1.29, 1.82) is 0 Å². The van der Waals surface area contributed by atoms with E-state index < -0.39 is 0 Å². The van der Waals surface area contributed by atoms with Crippen LogP contribution in [0.1, 0.15) is 6.92 Å². The molecule has 3 amide bonds. The molecule has 0 saturated carbocycles. The Hall–Kier alpha value is -2.08. The number of fused-ring (bicyclic) bond motifs is 1. The number of carbonyl (C=O) groups is 2. The number of para-hydroxylation sites is 1. The molecule has 2 fully saturated rings. The number of rotatable bonds is 2. The van der Waals surface area contributed by atoms with Crippen molar-refractivity contribution in [2.45, 2.75) is 13.1 Å². The molecular weight excluding hydrogens is 244 g/mol. The number of amides is 3. The number of hydrazine groups is 1. The van der Waals surface area contributed by atoms with Gasteiger partial charge < -0.3 is 5.32 Å². The number of nitrogens with one attached hydrogen (secondary N) is 2. The minimum absolute atomic E-state index is 0.109. The Morgan fingerprint density at radius 2 is 2.00 bits per heavy atom. The van der Waals surface area contributed by atoms with Crippen LogP contribution in [0.2, 0.25) is 0 Å². The van der Waals surface area contributed by atoms with E-state index in [4.69, 9.17) is 0 Å². The highest BCUT2D eigenvalue weighted by Crippen LogP contribution is 2.26. The van der Waals surface area contributed by atoms with Crippen molar-refractivity contribution < 1.29 is 9.59 Å². The van der Waals surface area contributed by atoms with Gasteiger partial charge in [0, 0.05) is 13.1 Å². The van der Waals surface area contributed by atoms with E-state index in [1.165, 1.54) is 4.90 Å². The lowest BCUT2D eigenvalue weighted by atomic mass is 10.0. The molecule has 2 heterocycles. The molecule has 2 saturated heterocycles. The molecule has 2 aliphatic rings. The fraction of sp³-hybridized carbons (Fsp3) is 0.385. The molecule has 2 N–H and O–H groups in total. The number of urea groups is 1. The number of hydrogen-bond donors (Lipinski definition) is 2. The first-order valence-corrected chi connectivity index (χ1v) is 6.42. The minimum Gasteiger partial charge on any atom is -0.315 e. The first kappa shape index (κ1) is 12.0. The average molecular weight is 260 g/mol. The predicted molar refractivity (Wildman–Crippen MR) is 70.1 cm³/mol. The standard InChI is InChI=1S/C13H16N4O2/c1-2-16-12(18)10-8-14-17(11(10)15-13(16)19)9-6-4-3-5-7-9/h3-7,10-11,14H,2,8H2,1H3,(H,15,19). The number of hydrogen-bond acceptors (Lipinski definition) is 4. The minimum atomic E-state index is -0.321. The molecule has 3 rings (SSSR count). The summed E-state index contributed by atoms with van der Waals surface area (Å²) < 4.78 is 0. The molecule has 0 aromatic heterocycles. The second-order valence-electron chi connectivity index (χ2n) is 4.65. The van der Waals surface area contributed by atoms with Gasteiger partial charge in [-0.05, 0) is 19.1 Å². The Labute approximate surface area is 111 Å². The number of imide groups is 1. The van der Waals surface area contributed by atoms with E-state index in [0.717, 1.165) is 5.69 Å². The third-order valence-electron chi connectivity index (χ3n) is 3.59. The molecule has 0 radical (unpaired) electrons. The van der Waals surface area contributed by atoms with Gasteiger partial charge in [-0.25, -0.2) is 10.2 Å². The van der Waals surface area contributed by atoms with E-state index in [2.05, 4.69) is 10.7 Å². The molecular formula is C13H16N4O2. The lowest BCUT2D eigenvalue weighted by Gasteiger charge is -2.36. The van der Waals surface area contributed by atoms with Gasteiger partial charge in [0.2, 0.25) is 5.91 Å². The maximum absolute atomic E-state index is 12.2. The van der Waals surface area contributed by atoms with Gasteiger partial charge in [-0.15, -0.1) is 0 Å². The maximum Gasteiger partial charge on any atom is 0.325 e. The fourth-order valence-corrected chi connectivity index (χ4v) is 2.62. The maximum atomic E-state index is 12.2. The van der Waals surface area contributed by atoms with Crippen molar-refractivity contribution in [3.05, 3.63) is 30.3 Å². The van der Waals surface area contributed by atoms with Gasteiger partial charge in [-0.1, -0.05) is 18.2 Å². The third kappa shape index (κ3) is 1.84. The summed E-state index contributed by atoms with van der Waals surface area (Å²) >= 11 is 0. The summed E-state index contributed by atoms with van der Waals surface area (Å²) in [5.41, 5.74) is 4.12. The Morgan fingerprint density at radius 3 is 2.68 bits per heavy atom. The van der Waals surface area contributed by atoms with Crippen LogP contribution < -0.4 is 15.8 Å². The van der Waals surface area contributed by atoms with Crippen molar-refractivity contribution in [3.63, 3.8) is 0 Å². The lowest BCUT2D eigenvalue weighted by Crippen LogP contribution is -2.62. The van der Waals surface area contributed by atoms with E-state index in [1.807, 2.05) is 35.3 Å². The van der Waals surface area contributed by atoms with Crippen LogP contribution in [-0.2, 0) is 4.79 Å². The van der Waals surface area contributed by atoms with E-state index in [9.17, 15) is 9.59 Å². The highest BCUT2D eigenvalue weighted by atomic mass is 16.2. The van der Waals surface area contributed by atoms with Gasteiger partial charge >= 0.3 is 6.03 Å². The van der Waals surface area contributed by atoms with Crippen LogP contribution in [-0.4, -0.2) is 36.1 Å². The van der Waals surface area contributed by atoms with Crippen LogP contribution in [0, 0.1) is 5.92 Å². The Bertz CT molecular complexity index is 505. The second kappa shape index (κ2) is 4.55. The van der Waals surface area contributed by atoms with Gasteiger partial charge in [-0.2, -0.15) is 0 Å². The summed E-state index contributed by atoms with van der Waals surface area (Å²) in [5, 5.41) is 4.74. The Balaban J connectivity index is 1.87. The van der Waals surface area contributed by atoms with Gasteiger partial charge in [0.15, 0.2) is 0 Å². The largest absolute Gasteiger partial charge is 0.325 e. The molecule has 6 nitrogen and oxygen atoms in total. The zero-order chi connectivity index (χ0) is 13.4. The SMILES string of the molecule is CCN1C(=O)NC2C(CNN2c2ccccc2)C1=O. The van der Waals surface area contributed by atoms with Crippen molar-refractivity contribution in [2.75, 3.05) is 18.1 Å². The lowest BCUT2D eigenvalue weighted by molar-refractivity contribution is -0.133. The fourth-order valence-electron chi connectivity index (χ4n) is 2.62. The summed E-state index contributed by atoms with van der Waals surface area (Å²) in [6, 6.07) is 9.35.